The molecule has 1 heterocycles. The molecule has 1 aromatic carbocycles. The number of nitro groups is 1. The summed E-state index contributed by atoms with van der Waals surface area (Å²) in [6.45, 7) is 2.05. The zero-order valence-electron chi connectivity index (χ0n) is 11.5. The summed E-state index contributed by atoms with van der Waals surface area (Å²) in [5, 5.41) is 13.9. The maximum absolute atomic E-state index is 14.1. The number of nitro benzene ring substituents is 1. The van der Waals surface area contributed by atoms with E-state index >= 15 is 0 Å². The van der Waals surface area contributed by atoms with Gasteiger partial charge in [-0.05, 0) is 19.1 Å². The third kappa shape index (κ3) is 3.15. The van der Waals surface area contributed by atoms with Crippen molar-refractivity contribution < 1.29 is 13.5 Å². The van der Waals surface area contributed by atoms with E-state index in [0.717, 1.165) is 6.07 Å². The van der Waals surface area contributed by atoms with Crippen molar-refractivity contribution in [3.63, 3.8) is 0 Å². The van der Waals surface area contributed by atoms with Gasteiger partial charge < -0.3 is 5.32 Å². The van der Waals surface area contributed by atoms with Crippen molar-refractivity contribution in [2.45, 2.75) is 12.2 Å². The number of hydrogen-bond donors (Lipinski definition) is 1. The first kappa shape index (κ1) is 15.3. The van der Waals surface area contributed by atoms with Crippen molar-refractivity contribution in [2.75, 3.05) is 18.1 Å². The minimum atomic E-state index is -1.05. The molecule has 0 saturated carbocycles. The summed E-state index contributed by atoms with van der Waals surface area (Å²) in [6, 6.07) is 3.95. The lowest BCUT2D eigenvalue weighted by Gasteiger charge is -2.13. The summed E-state index contributed by atoms with van der Waals surface area (Å²) in [6.07, 6.45) is 3.01. The summed E-state index contributed by atoms with van der Waals surface area (Å²) in [5.41, 5.74) is -0.0416. The van der Waals surface area contributed by atoms with Crippen LogP contribution in [0.15, 0.2) is 24.4 Å². The maximum Gasteiger partial charge on any atom is 0.281 e. The SMILES string of the molecule is CC(CNc1c(F)cc([N+](=O)[O-])c2cccnc12)S(C)=O. The Morgan fingerprint density at radius 2 is 2.29 bits per heavy atom. The van der Waals surface area contributed by atoms with Crippen LogP contribution in [0.4, 0.5) is 15.8 Å². The quantitative estimate of drug-likeness (QED) is 0.677. The number of benzene rings is 1. The van der Waals surface area contributed by atoms with E-state index in [0.29, 0.717) is 0 Å². The van der Waals surface area contributed by atoms with E-state index in [1.807, 2.05) is 0 Å². The smallest absolute Gasteiger partial charge is 0.281 e. The molecule has 6 nitrogen and oxygen atoms in total. The Bertz CT molecular complexity index is 723. The zero-order chi connectivity index (χ0) is 15.6. The maximum atomic E-state index is 14.1. The van der Waals surface area contributed by atoms with Gasteiger partial charge in [-0.1, -0.05) is 0 Å². The number of fused-ring (bicyclic) bond motifs is 1. The van der Waals surface area contributed by atoms with E-state index in [4.69, 9.17) is 0 Å². The van der Waals surface area contributed by atoms with Crippen LogP contribution in [-0.4, -0.2) is 32.2 Å². The molecule has 1 aromatic heterocycles. The highest BCUT2D eigenvalue weighted by Gasteiger charge is 2.20. The lowest BCUT2D eigenvalue weighted by molar-refractivity contribution is -0.383. The minimum Gasteiger partial charge on any atom is -0.380 e. The molecule has 0 aliphatic carbocycles. The van der Waals surface area contributed by atoms with Crippen molar-refractivity contribution >= 4 is 33.1 Å². The Kier molecular flexibility index (Phi) is 4.46. The van der Waals surface area contributed by atoms with Crippen molar-refractivity contribution in [3.8, 4) is 0 Å². The second-order valence-corrected chi connectivity index (χ2v) is 6.40. The minimum absolute atomic E-state index is 0.0912. The van der Waals surface area contributed by atoms with Crippen LogP contribution in [0.3, 0.4) is 0 Å². The normalized spacial score (nSPS) is 13.9. The lowest BCUT2D eigenvalue weighted by atomic mass is 10.1. The first-order chi connectivity index (χ1) is 9.91. The van der Waals surface area contributed by atoms with Gasteiger partial charge in [0.25, 0.3) is 5.69 Å². The molecule has 8 heteroatoms. The van der Waals surface area contributed by atoms with Gasteiger partial charge in [0.1, 0.15) is 5.52 Å². The van der Waals surface area contributed by atoms with Crippen LogP contribution in [0.2, 0.25) is 0 Å². The third-order valence-electron chi connectivity index (χ3n) is 3.15. The highest BCUT2D eigenvalue weighted by molar-refractivity contribution is 7.84. The van der Waals surface area contributed by atoms with E-state index in [1.54, 1.807) is 19.2 Å². The van der Waals surface area contributed by atoms with Gasteiger partial charge >= 0.3 is 0 Å². The van der Waals surface area contributed by atoms with Gasteiger partial charge in [0, 0.05) is 35.0 Å². The molecule has 2 aromatic rings. The molecule has 0 fully saturated rings. The fourth-order valence-electron chi connectivity index (χ4n) is 1.88. The molecular weight excluding hydrogens is 297 g/mol. The first-order valence-corrected chi connectivity index (χ1v) is 7.81. The Morgan fingerprint density at radius 3 is 2.90 bits per heavy atom. The predicted octanol–water partition coefficient (Wildman–Crippen LogP) is 2.46. The van der Waals surface area contributed by atoms with Crippen LogP contribution in [0.5, 0.6) is 0 Å². The molecule has 2 unspecified atom stereocenters. The summed E-state index contributed by atoms with van der Waals surface area (Å²) in [5.74, 6) is -0.748. The summed E-state index contributed by atoms with van der Waals surface area (Å²) < 4.78 is 25.4. The van der Waals surface area contributed by atoms with Gasteiger partial charge in [-0.15, -0.1) is 0 Å². The summed E-state index contributed by atoms with van der Waals surface area (Å²) in [4.78, 5) is 14.4. The van der Waals surface area contributed by atoms with Crippen LogP contribution in [-0.2, 0) is 10.8 Å². The van der Waals surface area contributed by atoms with Gasteiger partial charge in [0.15, 0.2) is 5.82 Å². The highest BCUT2D eigenvalue weighted by atomic mass is 32.2. The van der Waals surface area contributed by atoms with Crippen molar-refractivity contribution in [1.29, 1.82) is 0 Å². The van der Waals surface area contributed by atoms with Crippen molar-refractivity contribution in [1.82, 2.24) is 4.98 Å². The second-order valence-electron chi connectivity index (χ2n) is 4.60. The van der Waals surface area contributed by atoms with Crippen LogP contribution < -0.4 is 5.32 Å². The molecule has 0 saturated heterocycles. The Balaban J connectivity index is 2.49. The first-order valence-electron chi connectivity index (χ1n) is 6.19. The average molecular weight is 311 g/mol. The summed E-state index contributed by atoms with van der Waals surface area (Å²) >= 11 is 0. The standard InChI is InChI=1S/C13H14FN3O3S/c1-8(21(2)20)7-16-13-10(14)6-11(17(18)19)9-4-3-5-15-12(9)13/h3-6,8,16H,7H2,1-2H3. The van der Waals surface area contributed by atoms with Crippen molar-refractivity contribution in [2.24, 2.45) is 0 Å². The second kappa shape index (κ2) is 6.13. The highest BCUT2D eigenvalue weighted by Crippen LogP contribution is 2.32. The van der Waals surface area contributed by atoms with Crippen molar-refractivity contribution in [3.05, 3.63) is 40.3 Å². The largest absolute Gasteiger partial charge is 0.380 e. The number of non-ortho nitro benzene ring substituents is 1. The molecule has 112 valence electrons. The van der Waals surface area contributed by atoms with Gasteiger partial charge in [0.05, 0.1) is 22.1 Å². The van der Waals surface area contributed by atoms with Gasteiger partial charge in [0.2, 0.25) is 0 Å². The van der Waals surface area contributed by atoms with E-state index in [1.165, 1.54) is 12.3 Å². The Labute approximate surface area is 123 Å². The van der Waals surface area contributed by atoms with Crippen LogP contribution >= 0.6 is 0 Å². The molecule has 21 heavy (non-hydrogen) atoms. The van der Waals surface area contributed by atoms with Gasteiger partial charge in [-0.25, -0.2) is 4.39 Å². The Morgan fingerprint density at radius 1 is 1.57 bits per heavy atom. The molecule has 0 aliphatic heterocycles. The van der Waals surface area contributed by atoms with Crippen LogP contribution in [0.1, 0.15) is 6.92 Å². The number of hydrogen-bond acceptors (Lipinski definition) is 5. The zero-order valence-corrected chi connectivity index (χ0v) is 12.3. The number of nitrogens with one attached hydrogen (secondary N) is 1. The van der Waals surface area contributed by atoms with Crippen LogP contribution in [0.25, 0.3) is 10.9 Å². The monoisotopic (exact) mass is 311 g/mol. The molecule has 0 aliphatic rings. The molecule has 0 bridgehead atoms. The van der Waals surface area contributed by atoms with Gasteiger partial charge in [-0.2, -0.15) is 0 Å². The predicted molar refractivity (Wildman–Crippen MR) is 80.4 cm³/mol. The van der Waals surface area contributed by atoms with Gasteiger partial charge in [-0.3, -0.25) is 19.3 Å². The topological polar surface area (TPSA) is 85.1 Å². The fourth-order valence-corrected chi connectivity index (χ4v) is 2.19. The number of nitrogens with zero attached hydrogens (tertiary/aromatic N) is 2. The summed E-state index contributed by atoms with van der Waals surface area (Å²) in [7, 11) is -1.05. The van der Waals surface area contributed by atoms with Crippen LogP contribution in [0, 0.1) is 15.9 Å². The average Bonchev–Trinajstić information content (AvgIpc) is 2.44. The molecule has 1 N–H and O–H groups in total. The molecule has 0 spiro atoms. The van der Waals surface area contributed by atoms with E-state index in [9.17, 15) is 18.7 Å². The molecule has 0 radical (unpaired) electrons. The number of aromatic nitrogens is 1. The van der Waals surface area contributed by atoms with E-state index < -0.39 is 21.5 Å². The third-order valence-corrected chi connectivity index (χ3v) is 4.45. The lowest BCUT2D eigenvalue weighted by Crippen LogP contribution is -2.21. The fraction of sp³-hybridized carbons (Fsp3) is 0.308. The Hall–Kier alpha value is -2.09. The number of halogens is 1. The van der Waals surface area contributed by atoms with E-state index in [-0.39, 0.29) is 34.1 Å². The number of pyridine rings is 1. The number of rotatable bonds is 5. The van der Waals surface area contributed by atoms with E-state index in [2.05, 4.69) is 10.3 Å². The molecular formula is C13H14FN3O3S. The molecule has 0 amide bonds. The molecule has 2 rings (SSSR count). The molecule has 2 atom stereocenters. The number of anilines is 1.